The highest BCUT2D eigenvalue weighted by Gasteiger charge is 2.33. The fourth-order valence-corrected chi connectivity index (χ4v) is 3.38. The fourth-order valence-electron chi connectivity index (χ4n) is 2.53. The van der Waals surface area contributed by atoms with E-state index in [9.17, 15) is 9.59 Å². The Bertz CT molecular complexity index is 855. The second-order valence-corrected chi connectivity index (χ2v) is 6.43. The van der Waals surface area contributed by atoms with Gasteiger partial charge in [-0.25, -0.2) is 0 Å². The third-order valence-electron chi connectivity index (χ3n) is 3.79. The Kier molecular flexibility index (Phi) is 5.05. The minimum absolute atomic E-state index is 0.230. The lowest BCUT2D eigenvalue weighted by molar-refractivity contribution is -0.122. The van der Waals surface area contributed by atoms with Gasteiger partial charge in [0.1, 0.15) is 5.75 Å². The average molecular weight is 351 g/mol. The monoisotopic (exact) mass is 351 g/mol. The standard InChI is InChI=1S/C20H17NO3S/c1-3-11-21-19(22)18(25-20(21)23)13-14-5-4-6-16(12-14)15-7-9-17(24-2)10-8-15/h3-10,12-13H,1,11H2,2H3/b18-13-. The molecule has 0 spiro atoms. The molecule has 1 aliphatic rings. The largest absolute Gasteiger partial charge is 0.497 e. The molecule has 2 aromatic rings. The van der Waals surface area contributed by atoms with Crippen molar-refractivity contribution in [3.63, 3.8) is 0 Å². The Morgan fingerprint density at radius 2 is 1.88 bits per heavy atom. The molecule has 5 heteroatoms. The summed E-state index contributed by atoms with van der Waals surface area (Å²) in [5, 5.41) is -0.262. The van der Waals surface area contributed by atoms with Crippen LogP contribution in [0.1, 0.15) is 5.56 Å². The molecule has 0 unspecified atom stereocenters. The Balaban J connectivity index is 1.88. The van der Waals surface area contributed by atoms with E-state index in [1.165, 1.54) is 4.90 Å². The van der Waals surface area contributed by atoms with E-state index in [0.717, 1.165) is 34.2 Å². The van der Waals surface area contributed by atoms with Gasteiger partial charge in [-0.3, -0.25) is 14.5 Å². The van der Waals surface area contributed by atoms with Crippen molar-refractivity contribution in [2.75, 3.05) is 13.7 Å². The van der Waals surface area contributed by atoms with Crippen molar-refractivity contribution in [2.24, 2.45) is 0 Å². The highest BCUT2D eigenvalue weighted by Crippen LogP contribution is 2.32. The van der Waals surface area contributed by atoms with Crippen LogP contribution in [0.5, 0.6) is 5.75 Å². The van der Waals surface area contributed by atoms with Crippen molar-refractivity contribution < 1.29 is 14.3 Å². The summed E-state index contributed by atoms with van der Waals surface area (Å²) >= 11 is 0.957. The van der Waals surface area contributed by atoms with Gasteiger partial charge >= 0.3 is 0 Å². The Morgan fingerprint density at radius 1 is 1.12 bits per heavy atom. The Labute approximate surface area is 150 Å². The van der Waals surface area contributed by atoms with Crippen molar-refractivity contribution in [3.05, 3.63) is 71.7 Å². The fraction of sp³-hybridized carbons (Fsp3) is 0.100. The Morgan fingerprint density at radius 3 is 2.56 bits per heavy atom. The molecule has 1 aliphatic heterocycles. The van der Waals surface area contributed by atoms with Crippen molar-refractivity contribution in [1.29, 1.82) is 0 Å². The van der Waals surface area contributed by atoms with E-state index in [2.05, 4.69) is 6.58 Å². The molecule has 1 fully saturated rings. The zero-order valence-electron chi connectivity index (χ0n) is 13.8. The van der Waals surface area contributed by atoms with Crippen molar-refractivity contribution >= 4 is 29.0 Å². The number of carbonyl (C=O) groups excluding carboxylic acids is 2. The zero-order chi connectivity index (χ0) is 17.8. The second kappa shape index (κ2) is 7.40. The van der Waals surface area contributed by atoms with Gasteiger partial charge in [-0.15, -0.1) is 6.58 Å². The summed E-state index contributed by atoms with van der Waals surface area (Å²) in [5.74, 6) is 0.528. The lowest BCUT2D eigenvalue weighted by Gasteiger charge is -2.08. The number of imide groups is 1. The Hall–Kier alpha value is -2.79. The number of methoxy groups -OCH3 is 1. The lowest BCUT2D eigenvalue weighted by atomic mass is 10.0. The van der Waals surface area contributed by atoms with Crippen LogP contribution in [0.25, 0.3) is 17.2 Å². The summed E-state index contributed by atoms with van der Waals surface area (Å²) < 4.78 is 5.18. The molecular weight excluding hydrogens is 334 g/mol. The highest BCUT2D eigenvalue weighted by atomic mass is 32.2. The number of rotatable bonds is 5. The molecule has 0 bridgehead atoms. The number of hydrogen-bond acceptors (Lipinski definition) is 4. The van der Waals surface area contributed by atoms with Crippen LogP contribution in [0.2, 0.25) is 0 Å². The third kappa shape index (κ3) is 3.67. The number of thioether (sulfide) groups is 1. The number of carbonyl (C=O) groups is 2. The van der Waals surface area contributed by atoms with Crippen LogP contribution in [-0.4, -0.2) is 29.7 Å². The van der Waals surface area contributed by atoms with Crippen molar-refractivity contribution in [1.82, 2.24) is 4.90 Å². The molecule has 126 valence electrons. The van der Waals surface area contributed by atoms with Crippen LogP contribution in [0.4, 0.5) is 4.79 Å². The van der Waals surface area contributed by atoms with E-state index in [0.29, 0.717) is 4.91 Å². The van der Waals surface area contributed by atoms with Gasteiger partial charge in [-0.2, -0.15) is 0 Å². The molecule has 0 N–H and O–H groups in total. The summed E-state index contributed by atoms with van der Waals surface area (Å²) in [6, 6.07) is 15.6. The van der Waals surface area contributed by atoms with Crippen LogP contribution in [-0.2, 0) is 4.79 Å². The van der Waals surface area contributed by atoms with Gasteiger partial charge in [-0.1, -0.05) is 36.4 Å². The van der Waals surface area contributed by atoms with Gasteiger partial charge in [0, 0.05) is 6.54 Å². The van der Waals surface area contributed by atoms with Crippen molar-refractivity contribution in [3.8, 4) is 16.9 Å². The SMILES string of the molecule is C=CCN1C(=O)S/C(=C\c2cccc(-c3ccc(OC)cc3)c2)C1=O. The maximum absolute atomic E-state index is 12.3. The molecule has 0 aromatic heterocycles. The highest BCUT2D eigenvalue weighted by molar-refractivity contribution is 8.18. The first-order valence-electron chi connectivity index (χ1n) is 7.73. The van der Waals surface area contributed by atoms with E-state index >= 15 is 0 Å². The lowest BCUT2D eigenvalue weighted by Crippen LogP contribution is -2.27. The number of benzene rings is 2. The van der Waals surface area contributed by atoms with E-state index < -0.39 is 0 Å². The van der Waals surface area contributed by atoms with Gasteiger partial charge in [0.15, 0.2) is 0 Å². The predicted octanol–water partition coefficient (Wildman–Crippen LogP) is 4.58. The molecular formula is C20H17NO3S. The molecule has 25 heavy (non-hydrogen) atoms. The van der Waals surface area contributed by atoms with E-state index in [-0.39, 0.29) is 17.7 Å². The van der Waals surface area contributed by atoms with Crippen molar-refractivity contribution in [2.45, 2.75) is 0 Å². The number of hydrogen-bond donors (Lipinski definition) is 0. The molecule has 2 amide bonds. The number of nitrogens with zero attached hydrogens (tertiary/aromatic N) is 1. The van der Waals surface area contributed by atoms with E-state index in [1.54, 1.807) is 19.3 Å². The maximum Gasteiger partial charge on any atom is 0.293 e. The summed E-state index contributed by atoms with van der Waals surface area (Å²) in [6.07, 6.45) is 3.30. The molecule has 2 aromatic carbocycles. The maximum atomic E-state index is 12.3. The average Bonchev–Trinajstić information content (AvgIpc) is 2.90. The van der Waals surface area contributed by atoms with Crippen LogP contribution >= 0.6 is 11.8 Å². The normalized spacial score (nSPS) is 15.7. The predicted molar refractivity (Wildman–Crippen MR) is 101 cm³/mol. The van der Waals surface area contributed by atoms with Gasteiger partial charge in [-0.05, 0) is 52.7 Å². The van der Waals surface area contributed by atoms with Crippen LogP contribution in [0, 0.1) is 0 Å². The molecule has 1 saturated heterocycles. The first-order chi connectivity index (χ1) is 12.1. The molecule has 0 atom stereocenters. The van der Waals surface area contributed by atoms with Crippen LogP contribution in [0.3, 0.4) is 0 Å². The molecule has 3 rings (SSSR count). The smallest absolute Gasteiger partial charge is 0.293 e. The van der Waals surface area contributed by atoms with Gasteiger partial charge in [0.05, 0.1) is 12.0 Å². The van der Waals surface area contributed by atoms with Crippen LogP contribution in [0.15, 0.2) is 66.1 Å². The molecule has 4 nitrogen and oxygen atoms in total. The summed E-state index contributed by atoms with van der Waals surface area (Å²) in [5.41, 5.74) is 2.95. The molecule has 0 saturated carbocycles. The minimum atomic E-state index is -0.273. The van der Waals surface area contributed by atoms with E-state index in [4.69, 9.17) is 4.74 Å². The van der Waals surface area contributed by atoms with Gasteiger partial charge in [0.2, 0.25) is 0 Å². The van der Waals surface area contributed by atoms with Gasteiger partial charge in [0.25, 0.3) is 11.1 Å². The van der Waals surface area contributed by atoms with E-state index in [1.807, 2.05) is 48.5 Å². The number of amides is 2. The quantitative estimate of drug-likeness (QED) is 0.584. The number of ether oxygens (including phenoxy) is 1. The second-order valence-electron chi connectivity index (χ2n) is 5.43. The minimum Gasteiger partial charge on any atom is -0.497 e. The molecule has 1 heterocycles. The first-order valence-corrected chi connectivity index (χ1v) is 8.55. The van der Waals surface area contributed by atoms with Gasteiger partial charge < -0.3 is 4.74 Å². The third-order valence-corrected chi connectivity index (χ3v) is 4.70. The summed E-state index contributed by atoms with van der Waals surface area (Å²) in [7, 11) is 1.63. The first kappa shape index (κ1) is 17.0. The molecule has 0 aliphatic carbocycles. The summed E-state index contributed by atoms with van der Waals surface area (Å²) in [6.45, 7) is 3.81. The van der Waals surface area contributed by atoms with Crippen LogP contribution < -0.4 is 4.74 Å². The summed E-state index contributed by atoms with van der Waals surface area (Å²) in [4.78, 5) is 25.8. The topological polar surface area (TPSA) is 46.6 Å². The zero-order valence-corrected chi connectivity index (χ0v) is 14.6. The molecule has 0 radical (unpaired) electrons.